The van der Waals surface area contributed by atoms with Crippen LogP contribution in [0.15, 0.2) is 79.4 Å². The van der Waals surface area contributed by atoms with Crippen molar-refractivity contribution in [3.63, 3.8) is 0 Å². The molecule has 0 fully saturated rings. The highest BCUT2D eigenvalue weighted by Crippen LogP contribution is 2.27. The minimum atomic E-state index is 0.00225. The first kappa shape index (κ1) is 21.8. The summed E-state index contributed by atoms with van der Waals surface area (Å²) in [4.78, 5) is 16.1. The maximum atomic E-state index is 12.1. The molecule has 4 rings (SSSR count). The molecule has 0 aliphatic carbocycles. The van der Waals surface area contributed by atoms with Crippen LogP contribution >= 0.6 is 0 Å². The summed E-state index contributed by atoms with van der Waals surface area (Å²) in [5.74, 6) is 0.884. The third-order valence-electron chi connectivity index (χ3n) is 5.80. The van der Waals surface area contributed by atoms with Crippen molar-refractivity contribution in [2.24, 2.45) is 0 Å². The van der Waals surface area contributed by atoms with Crippen molar-refractivity contribution in [1.29, 1.82) is 0 Å². The number of hydrogen-bond donors (Lipinski definition) is 0. The Hall–Kier alpha value is -3.37. The van der Waals surface area contributed by atoms with E-state index in [0.717, 1.165) is 42.9 Å². The zero-order valence-corrected chi connectivity index (χ0v) is 18.9. The van der Waals surface area contributed by atoms with E-state index in [4.69, 9.17) is 4.74 Å². The molecular weight excluding hydrogens is 396 g/mol. The van der Waals surface area contributed by atoms with Crippen LogP contribution in [-0.2, 0) is 32.7 Å². The zero-order chi connectivity index (χ0) is 22.5. The molecule has 1 aliphatic heterocycles. The molecule has 0 saturated carbocycles. The molecule has 0 radical (unpaired) electrons. The first-order chi connectivity index (χ1) is 15.5. The van der Waals surface area contributed by atoms with Crippen molar-refractivity contribution in [3.05, 3.63) is 113 Å². The molecule has 0 spiro atoms. The summed E-state index contributed by atoms with van der Waals surface area (Å²) in [5.41, 5.74) is 7.00. The van der Waals surface area contributed by atoms with E-state index in [0.29, 0.717) is 12.2 Å². The molecule has 1 aliphatic rings. The third kappa shape index (κ3) is 5.09. The van der Waals surface area contributed by atoms with E-state index >= 15 is 0 Å². The third-order valence-corrected chi connectivity index (χ3v) is 5.80. The van der Waals surface area contributed by atoms with Crippen molar-refractivity contribution in [2.75, 3.05) is 14.1 Å². The smallest absolute Gasteiger partial charge is 0.253 e. The second-order valence-corrected chi connectivity index (χ2v) is 8.53. The second kappa shape index (κ2) is 9.84. The van der Waals surface area contributed by atoms with Gasteiger partial charge in [0.2, 0.25) is 0 Å². The Morgan fingerprint density at radius 1 is 1.00 bits per heavy atom. The molecule has 0 bridgehead atoms. The Kier molecular flexibility index (Phi) is 6.72. The highest BCUT2D eigenvalue weighted by molar-refractivity contribution is 5.93. The van der Waals surface area contributed by atoms with Crippen LogP contribution in [0.2, 0.25) is 0 Å². The van der Waals surface area contributed by atoms with Crippen molar-refractivity contribution >= 4 is 5.91 Å². The summed E-state index contributed by atoms with van der Waals surface area (Å²) >= 11 is 0. The van der Waals surface area contributed by atoms with Gasteiger partial charge in [0.25, 0.3) is 5.91 Å². The second-order valence-electron chi connectivity index (χ2n) is 8.53. The fourth-order valence-electron chi connectivity index (χ4n) is 4.12. The van der Waals surface area contributed by atoms with Gasteiger partial charge in [-0.2, -0.15) is 0 Å². The van der Waals surface area contributed by atoms with Gasteiger partial charge < -0.3 is 9.64 Å². The monoisotopic (exact) mass is 426 g/mol. The lowest BCUT2D eigenvalue weighted by molar-refractivity contribution is 0.0827. The largest absolute Gasteiger partial charge is 0.489 e. The van der Waals surface area contributed by atoms with Crippen molar-refractivity contribution in [2.45, 2.75) is 32.7 Å². The van der Waals surface area contributed by atoms with Crippen molar-refractivity contribution < 1.29 is 9.53 Å². The topological polar surface area (TPSA) is 32.8 Å². The summed E-state index contributed by atoms with van der Waals surface area (Å²) in [6.07, 6.45) is 2.68. The predicted molar refractivity (Wildman–Crippen MR) is 129 cm³/mol. The molecular formula is C28H30N2O2. The Bertz CT molecular complexity index is 1080. The fourth-order valence-corrected chi connectivity index (χ4v) is 4.12. The molecule has 1 amide bonds. The average Bonchev–Trinajstić information content (AvgIpc) is 3.21. The molecule has 0 atom stereocenters. The lowest BCUT2D eigenvalue weighted by Gasteiger charge is -2.17. The minimum Gasteiger partial charge on any atom is -0.489 e. The molecule has 3 aromatic rings. The normalized spacial score (nSPS) is 12.9. The molecule has 32 heavy (non-hydrogen) atoms. The van der Waals surface area contributed by atoms with Crippen molar-refractivity contribution in [1.82, 2.24) is 9.80 Å². The molecule has 3 aromatic carbocycles. The van der Waals surface area contributed by atoms with E-state index in [1.54, 1.807) is 19.0 Å². The molecule has 1 heterocycles. The van der Waals surface area contributed by atoms with E-state index in [1.165, 1.54) is 16.7 Å². The van der Waals surface area contributed by atoms with Crippen molar-refractivity contribution in [3.8, 4) is 5.75 Å². The lowest BCUT2D eigenvalue weighted by atomic mass is 10.1. The quantitative estimate of drug-likeness (QED) is 0.464. The van der Waals surface area contributed by atoms with Crippen LogP contribution < -0.4 is 4.74 Å². The molecule has 0 unspecified atom stereocenters. The van der Waals surface area contributed by atoms with Crippen LogP contribution in [0, 0.1) is 0 Å². The van der Waals surface area contributed by atoms with Crippen LogP contribution in [0.5, 0.6) is 5.75 Å². The van der Waals surface area contributed by atoms with Gasteiger partial charge in [0, 0.05) is 39.3 Å². The number of carbonyl (C=O) groups is 1. The van der Waals surface area contributed by atoms with Gasteiger partial charge in [-0.05, 0) is 52.4 Å². The summed E-state index contributed by atoms with van der Waals surface area (Å²) in [6, 6.07) is 22.7. The first-order valence-corrected chi connectivity index (χ1v) is 11.0. The van der Waals surface area contributed by atoms with E-state index in [-0.39, 0.29) is 5.91 Å². The van der Waals surface area contributed by atoms with Gasteiger partial charge in [-0.3, -0.25) is 9.69 Å². The number of benzene rings is 3. The predicted octanol–water partition coefficient (Wildman–Crippen LogP) is 5.21. The minimum absolute atomic E-state index is 0.00225. The van der Waals surface area contributed by atoms with Crippen LogP contribution in [0.25, 0.3) is 0 Å². The van der Waals surface area contributed by atoms with E-state index in [2.05, 4.69) is 53.9 Å². The summed E-state index contributed by atoms with van der Waals surface area (Å²) in [6.45, 7) is 7.29. The Morgan fingerprint density at radius 3 is 2.28 bits per heavy atom. The van der Waals surface area contributed by atoms with Gasteiger partial charge in [0.05, 0.1) is 0 Å². The molecule has 164 valence electrons. The van der Waals surface area contributed by atoms with Crippen LogP contribution in [0.3, 0.4) is 0 Å². The molecule has 0 N–H and O–H groups in total. The van der Waals surface area contributed by atoms with Gasteiger partial charge in [0.1, 0.15) is 12.4 Å². The number of amides is 1. The SMILES string of the molecule is C=CCc1cc(CN2Cc3ccccc3C2)ccc1OCc1ccc(C(=O)N(C)C)cc1. The number of carbonyl (C=O) groups excluding carboxylic acids is 1. The number of rotatable bonds is 8. The number of nitrogens with zero attached hydrogens (tertiary/aromatic N) is 2. The van der Waals surface area contributed by atoms with E-state index < -0.39 is 0 Å². The molecule has 4 nitrogen and oxygen atoms in total. The number of fused-ring (bicyclic) bond motifs is 1. The maximum absolute atomic E-state index is 12.1. The average molecular weight is 427 g/mol. The first-order valence-electron chi connectivity index (χ1n) is 11.0. The van der Waals surface area contributed by atoms with E-state index in [1.807, 2.05) is 30.3 Å². The molecule has 0 saturated heterocycles. The maximum Gasteiger partial charge on any atom is 0.253 e. The number of allylic oxidation sites excluding steroid dienone is 1. The standard InChI is InChI=1S/C28H30N2O2/c1-4-7-24-16-22(17-30-18-25-8-5-6-9-26(25)19-30)12-15-27(24)32-20-21-10-13-23(14-11-21)28(31)29(2)3/h4-6,8-16H,1,7,17-20H2,2-3H3. The number of ether oxygens (including phenoxy) is 1. The Labute approximate surface area is 190 Å². The summed E-state index contributed by atoms with van der Waals surface area (Å²) < 4.78 is 6.14. The van der Waals surface area contributed by atoms with Gasteiger partial charge in [-0.1, -0.05) is 54.6 Å². The Morgan fingerprint density at radius 2 is 1.66 bits per heavy atom. The van der Waals surface area contributed by atoms with E-state index in [9.17, 15) is 4.79 Å². The van der Waals surface area contributed by atoms with Gasteiger partial charge >= 0.3 is 0 Å². The highest BCUT2D eigenvalue weighted by atomic mass is 16.5. The highest BCUT2D eigenvalue weighted by Gasteiger charge is 2.18. The molecule has 4 heteroatoms. The zero-order valence-electron chi connectivity index (χ0n) is 18.9. The molecule has 0 aromatic heterocycles. The Balaban J connectivity index is 1.41. The van der Waals surface area contributed by atoms with Crippen LogP contribution in [-0.4, -0.2) is 29.8 Å². The van der Waals surface area contributed by atoms with Gasteiger partial charge in [-0.25, -0.2) is 0 Å². The summed E-state index contributed by atoms with van der Waals surface area (Å²) in [5, 5.41) is 0. The lowest BCUT2D eigenvalue weighted by Crippen LogP contribution is -2.21. The fraction of sp³-hybridized carbons (Fsp3) is 0.250. The summed E-state index contributed by atoms with van der Waals surface area (Å²) in [7, 11) is 3.51. The number of hydrogen-bond acceptors (Lipinski definition) is 3. The van der Waals surface area contributed by atoms with Crippen LogP contribution in [0.1, 0.15) is 38.2 Å². The van der Waals surface area contributed by atoms with Crippen LogP contribution in [0.4, 0.5) is 0 Å². The van der Waals surface area contributed by atoms with Gasteiger partial charge in [-0.15, -0.1) is 6.58 Å². The van der Waals surface area contributed by atoms with Gasteiger partial charge in [0.15, 0.2) is 0 Å².